The van der Waals surface area contributed by atoms with E-state index in [0.717, 1.165) is 77.2 Å². The molecular formula is C45H25N5. The second-order valence-electron chi connectivity index (χ2n) is 12.3. The molecule has 0 N–H and O–H groups in total. The van der Waals surface area contributed by atoms with Gasteiger partial charge in [-0.2, -0.15) is 10.5 Å². The van der Waals surface area contributed by atoms with Crippen LogP contribution in [0, 0.1) is 29.2 Å². The van der Waals surface area contributed by atoms with Crippen LogP contribution in [0.4, 0.5) is 5.69 Å². The van der Waals surface area contributed by atoms with Gasteiger partial charge < -0.3 is 9.13 Å². The molecule has 7 aromatic carbocycles. The van der Waals surface area contributed by atoms with Gasteiger partial charge in [0.2, 0.25) is 0 Å². The fraction of sp³-hybridized carbons (Fsp3) is 0. The molecule has 2 heterocycles. The van der Waals surface area contributed by atoms with Crippen molar-refractivity contribution >= 4 is 49.3 Å². The average Bonchev–Trinajstić information content (AvgIpc) is 3.69. The quantitative estimate of drug-likeness (QED) is 0.181. The largest absolute Gasteiger partial charge is 0.309 e. The third-order valence-corrected chi connectivity index (χ3v) is 9.60. The summed E-state index contributed by atoms with van der Waals surface area (Å²) < 4.78 is 4.39. The maximum Gasteiger partial charge on any atom is 0.188 e. The van der Waals surface area contributed by atoms with E-state index in [0.29, 0.717) is 16.8 Å². The molecule has 9 aromatic rings. The van der Waals surface area contributed by atoms with Crippen molar-refractivity contribution < 1.29 is 0 Å². The van der Waals surface area contributed by atoms with Crippen molar-refractivity contribution in [3.05, 3.63) is 174 Å². The molecular weight excluding hydrogens is 611 g/mol. The zero-order valence-corrected chi connectivity index (χ0v) is 26.7. The number of nitrogens with zero attached hydrogens (tertiary/aromatic N) is 5. The summed E-state index contributed by atoms with van der Waals surface area (Å²) in [7, 11) is 0. The van der Waals surface area contributed by atoms with Crippen LogP contribution in [0.3, 0.4) is 0 Å². The predicted octanol–water partition coefficient (Wildman–Crippen LogP) is 11.5. The van der Waals surface area contributed by atoms with Crippen LogP contribution < -0.4 is 0 Å². The fourth-order valence-corrected chi connectivity index (χ4v) is 7.35. The number of rotatable bonds is 4. The normalized spacial score (nSPS) is 11.1. The Labute approximate surface area is 288 Å². The molecule has 0 aliphatic rings. The first-order chi connectivity index (χ1) is 24.7. The molecule has 5 nitrogen and oxygen atoms in total. The third-order valence-electron chi connectivity index (χ3n) is 9.60. The van der Waals surface area contributed by atoms with Crippen molar-refractivity contribution in [1.82, 2.24) is 9.13 Å². The van der Waals surface area contributed by atoms with Crippen molar-refractivity contribution in [1.29, 1.82) is 10.5 Å². The number of para-hydroxylation sites is 2. The van der Waals surface area contributed by atoms with Crippen molar-refractivity contribution in [3.8, 4) is 45.8 Å². The predicted molar refractivity (Wildman–Crippen MR) is 202 cm³/mol. The molecule has 0 radical (unpaired) electrons. The van der Waals surface area contributed by atoms with E-state index in [4.69, 9.17) is 6.57 Å². The summed E-state index contributed by atoms with van der Waals surface area (Å²) in [5.41, 5.74) is 11.5. The molecule has 0 unspecified atom stereocenters. The Balaban J connectivity index is 1.31. The molecule has 0 atom stereocenters. The van der Waals surface area contributed by atoms with E-state index < -0.39 is 0 Å². The summed E-state index contributed by atoms with van der Waals surface area (Å²) in [6, 6.07) is 55.7. The smallest absolute Gasteiger partial charge is 0.188 e. The Bertz CT molecular complexity index is 2960. The molecule has 0 amide bonds. The summed E-state index contributed by atoms with van der Waals surface area (Å²) in [6.45, 7) is 7.64. The van der Waals surface area contributed by atoms with E-state index in [9.17, 15) is 10.5 Å². The van der Waals surface area contributed by atoms with Gasteiger partial charge >= 0.3 is 0 Å². The standard InChI is InChI=1S/C45H25N5/c1-48-34-18-22-45-39(26-34)36-12-6-8-14-42(36)50(45)43-21-16-31(30-9-3-2-4-10-30)25-37(43)32-17-20-40(33(24-32)28-47)49-41-13-7-5-11-35(41)38-23-29(27-46)15-19-44(38)49/h2-26H. The van der Waals surface area contributed by atoms with Crippen molar-refractivity contribution in [3.63, 3.8) is 0 Å². The summed E-state index contributed by atoms with van der Waals surface area (Å²) in [5.74, 6) is 0. The number of benzene rings is 7. The van der Waals surface area contributed by atoms with Crippen molar-refractivity contribution in [2.45, 2.75) is 0 Å². The van der Waals surface area contributed by atoms with Gasteiger partial charge in [0.15, 0.2) is 5.69 Å². The highest BCUT2D eigenvalue weighted by Crippen LogP contribution is 2.41. The maximum atomic E-state index is 10.7. The highest BCUT2D eigenvalue weighted by Gasteiger charge is 2.20. The van der Waals surface area contributed by atoms with Crippen LogP contribution in [0.15, 0.2) is 152 Å². The van der Waals surface area contributed by atoms with Gasteiger partial charge in [0.05, 0.1) is 57.2 Å². The van der Waals surface area contributed by atoms with E-state index in [1.165, 1.54) is 0 Å². The van der Waals surface area contributed by atoms with E-state index in [-0.39, 0.29) is 0 Å². The van der Waals surface area contributed by atoms with E-state index in [1.807, 2.05) is 91.0 Å². The third kappa shape index (κ3) is 4.38. The molecule has 50 heavy (non-hydrogen) atoms. The lowest BCUT2D eigenvalue weighted by Gasteiger charge is -2.17. The van der Waals surface area contributed by atoms with Gasteiger partial charge in [0.25, 0.3) is 0 Å². The minimum Gasteiger partial charge on any atom is -0.309 e. The van der Waals surface area contributed by atoms with Crippen LogP contribution in [0.1, 0.15) is 11.1 Å². The van der Waals surface area contributed by atoms with E-state index in [2.05, 4.69) is 86.8 Å². The lowest BCUT2D eigenvalue weighted by molar-refractivity contribution is 1.16. The van der Waals surface area contributed by atoms with E-state index >= 15 is 0 Å². The zero-order valence-electron chi connectivity index (χ0n) is 26.7. The summed E-state index contributed by atoms with van der Waals surface area (Å²) in [4.78, 5) is 3.71. The van der Waals surface area contributed by atoms with Crippen molar-refractivity contribution in [2.24, 2.45) is 0 Å². The molecule has 0 saturated carbocycles. The van der Waals surface area contributed by atoms with Crippen LogP contribution in [0.25, 0.3) is 82.1 Å². The number of nitriles is 2. The minimum absolute atomic E-state index is 0.537. The molecule has 0 fully saturated rings. The molecule has 0 saturated heterocycles. The van der Waals surface area contributed by atoms with Crippen LogP contribution in [-0.2, 0) is 0 Å². The van der Waals surface area contributed by atoms with Crippen LogP contribution in [-0.4, -0.2) is 9.13 Å². The van der Waals surface area contributed by atoms with Crippen molar-refractivity contribution in [2.75, 3.05) is 0 Å². The number of hydrogen-bond acceptors (Lipinski definition) is 2. The Morgan fingerprint density at radius 3 is 1.76 bits per heavy atom. The van der Waals surface area contributed by atoms with Gasteiger partial charge in [-0.1, -0.05) is 84.9 Å². The first kappa shape index (κ1) is 28.8. The maximum absolute atomic E-state index is 10.7. The Hall–Kier alpha value is -7.39. The molecule has 5 heteroatoms. The highest BCUT2D eigenvalue weighted by atomic mass is 15.0. The van der Waals surface area contributed by atoms with E-state index in [1.54, 1.807) is 0 Å². The number of fused-ring (bicyclic) bond motifs is 6. The van der Waals surface area contributed by atoms with Gasteiger partial charge in [-0.15, -0.1) is 0 Å². The fourth-order valence-electron chi connectivity index (χ4n) is 7.35. The first-order valence-electron chi connectivity index (χ1n) is 16.3. The summed E-state index contributed by atoms with van der Waals surface area (Å²) >= 11 is 0. The van der Waals surface area contributed by atoms with Gasteiger partial charge in [-0.3, -0.25) is 0 Å². The molecule has 0 aliphatic carbocycles. The molecule has 2 aromatic heterocycles. The minimum atomic E-state index is 0.537. The molecule has 0 aliphatic heterocycles. The Morgan fingerprint density at radius 1 is 0.460 bits per heavy atom. The molecule has 0 spiro atoms. The molecule has 230 valence electrons. The lowest BCUT2D eigenvalue weighted by atomic mass is 9.95. The SMILES string of the molecule is [C-]#[N+]c1ccc2c(c1)c1ccccc1n2-c1ccc(-c2ccccc2)cc1-c1ccc(-n2c3ccccc3c3cc(C#N)ccc32)c(C#N)c1. The topological polar surface area (TPSA) is 61.8 Å². The van der Waals surface area contributed by atoms with Gasteiger partial charge in [-0.05, 0) is 88.8 Å². The first-order valence-corrected chi connectivity index (χ1v) is 16.3. The van der Waals surface area contributed by atoms with Crippen LogP contribution >= 0.6 is 0 Å². The monoisotopic (exact) mass is 635 g/mol. The Morgan fingerprint density at radius 2 is 1.06 bits per heavy atom. The lowest BCUT2D eigenvalue weighted by Crippen LogP contribution is -2.00. The second kappa shape index (κ2) is 11.4. The van der Waals surface area contributed by atoms with Gasteiger partial charge in [0.1, 0.15) is 6.07 Å². The summed E-state index contributed by atoms with van der Waals surface area (Å²) in [6.07, 6.45) is 0. The number of aromatic nitrogens is 2. The zero-order chi connectivity index (χ0) is 33.8. The average molecular weight is 636 g/mol. The Kier molecular flexibility index (Phi) is 6.56. The highest BCUT2D eigenvalue weighted by molar-refractivity contribution is 6.11. The summed E-state index contributed by atoms with van der Waals surface area (Å²) in [5, 5.41) is 24.4. The second-order valence-corrected chi connectivity index (χ2v) is 12.3. The molecule has 9 rings (SSSR count). The number of hydrogen-bond donors (Lipinski definition) is 0. The molecule has 0 bridgehead atoms. The van der Waals surface area contributed by atoms with Gasteiger partial charge in [-0.25, -0.2) is 4.85 Å². The van der Waals surface area contributed by atoms with Crippen LogP contribution in [0.5, 0.6) is 0 Å². The van der Waals surface area contributed by atoms with Crippen LogP contribution in [0.2, 0.25) is 0 Å². The van der Waals surface area contributed by atoms with Gasteiger partial charge in [0, 0.05) is 21.7 Å².